The molecule has 0 rings (SSSR count). The summed E-state index contributed by atoms with van der Waals surface area (Å²) in [6, 6.07) is 0. The molecule has 0 amide bonds. The number of rotatable bonds is 25. The highest BCUT2D eigenvalue weighted by Gasteiger charge is 2.13. The zero-order chi connectivity index (χ0) is 23.5. The second-order valence-corrected chi connectivity index (χ2v) is 9.79. The summed E-state index contributed by atoms with van der Waals surface area (Å²) in [4.78, 5) is 12.3. The molecule has 0 radical (unpaired) electrons. The van der Waals surface area contributed by atoms with Gasteiger partial charge in [0.2, 0.25) is 0 Å². The predicted molar refractivity (Wildman–Crippen MR) is 142 cm³/mol. The van der Waals surface area contributed by atoms with Gasteiger partial charge < -0.3 is 4.74 Å². The average molecular weight is 451 g/mol. The molecule has 0 aliphatic carbocycles. The number of hydrogen-bond acceptors (Lipinski definition) is 2. The Morgan fingerprint density at radius 1 is 0.562 bits per heavy atom. The molecule has 0 saturated carbocycles. The number of carbonyl (C=O) groups is 1. The maximum atomic E-state index is 12.3. The second kappa shape index (κ2) is 26.5. The van der Waals surface area contributed by atoms with E-state index >= 15 is 0 Å². The maximum absolute atomic E-state index is 12.3. The van der Waals surface area contributed by atoms with Gasteiger partial charge in [-0.15, -0.1) is 0 Å². The van der Waals surface area contributed by atoms with Crippen molar-refractivity contribution in [1.82, 2.24) is 0 Å². The van der Waals surface area contributed by atoms with E-state index in [0.29, 0.717) is 6.42 Å². The van der Waals surface area contributed by atoms with Gasteiger partial charge >= 0.3 is 5.97 Å². The SMILES string of the molecule is CCCCCCCC/C=C\CCCCCCCC(=O)OC(CCCC)CCCCCCC. The summed E-state index contributed by atoms with van der Waals surface area (Å²) in [7, 11) is 0. The van der Waals surface area contributed by atoms with Crippen molar-refractivity contribution in [3.05, 3.63) is 12.2 Å². The van der Waals surface area contributed by atoms with E-state index < -0.39 is 0 Å². The van der Waals surface area contributed by atoms with Crippen LogP contribution < -0.4 is 0 Å². The zero-order valence-corrected chi connectivity index (χ0v) is 22.3. The third kappa shape index (κ3) is 23.9. The van der Waals surface area contributed by atoms with E-state index in [1.165, 1.54) is 116 Å². The Kier molecular flexibility index (Phi) is 25.8. The number of esters is 1. The van der Waals surface area contributed by atoms with Gasteiger partial charge in [0, 0.05) is 6.42 Å². The summed E-state index contributed by atoms with van der Waals surface area (Å²) in [6.07, 6.45) is 33.1. The van der Waals surface area contributed by atoms with Crippen LogP contribution in [-0.4, -0.2) is 12.1 Å². The first-order valence-corrected chi connectivity index (χ1v) is 14.6. The molecule has 2 heteroatoms. The lowest BCUT2D eigenvalue weighted by Crippen LogP contribution is -2.18. The van der Waals surface area contributed by atoms with E-state index in [-0.39, 0.29) is 12.1 Å². The second-order valence-electron chi connectivity index (χ2n) is 9.79. The predicted octanol–water partition coefficient (Wildman–Crippen LogP) is 10.5. The van der Waals surface area contributed by atoms with Crippen LogP contribution in [0.15, 0.2) is 12.2 Å². The largest absolute Gasteiger partial charge is 0.462 e. The van der Waals surface area contributed by atoms with Crippen molar-refractivity contribution in [3.63, 3.8) is 0 Å². The van der Waals surface area contributed by atoms with Gasteiger partial charge in [-0.25, -0.2) is 0 Å². The van der Waals surface area contributed by atoms with Gasteiger partial charge in [-0.05, 0) is 51.4 Å². The van der Waals surface area contributed by atoms with Crippen molar-refractivity contribution >= 4 is 5.97 Å². The average Bonchev–Trinajstić information content (AvgIpc) is 2.79. The van der Waals surface area contributed by atoms with Gasteiger partial charge in [-0.3, -0.25) is 4.79 Å². The van der Waals surface area contributed by atoms with E-state index in [1.54, 1.807) is 0 Å². The minimum Gasteiger partial charge on any atom is -0.462 e. The number of ether oxygens (including phenoxy) is 1. The number of hydrogen-bond donors (Lipinski definition) is 0. The van der Waals surface area contributed by atoms with Crippen LogP contribution in [0.4, 0.5) is 0 Å². The van der Waals surface area contributed by atoms with E-state index in [1.807, 2.05) is 0 Å². The Labute approximate surface area is 202 Å². The standard InChI is InChI=1S/C30H58O2/c1-4-7-10-12-13-14-15-16-17-18-19-20-21-23-25-28-30(31)32-29(26-9-6-3)27-24-22-11-8-5-2/h16-17,29H,4-15,18-28H2,1-3H3/b17-16-. The first-order chi connectivity index (χ1) is 15.7. The lowest BCUT2D eigenvalue weighted by atomic mass is 10.0. The molecular weight excluding hydrogens is 392 g/mol. The van der Waals surface area contributed by atoms with Crippen LogP contribution in [0.2, 0.25) is 0 Å². The van der Waals surface area contributed by atoms with Crippen molar-refractivity contribution < 1.29 is 9.53 Å². The minimum atomic E-state index is 0.0392. The van der Waals surface area contributed by atoms with Gasteiger partial charge in [0.15, 0.2) is 0 Å². The molecule has 0 N–H and O–H groups in total. The van der Waals surface area contributed by atoms with Gasteiger partial charge in [0.25, 0.3) is 0 Å². The summed E-state index contributed by atoms with van der Waals surface area (Å²) in [5, 5.41) is 0. The lowest BCUT2D eigenvalue weighted by Gasteiger charge is -2.18. The molecule has 0 fully saturated rings. The highest BCUT2D eigenvalue weighted by atomic mass is 16.5. The molecule has 1 unspecified atom stereocenters. The first kappa shape index (κ1) is 31.2. The molecule has 190 valence electrons. The fourth-order valence-electron chi connectivity index (χ4n) is 4.25. The van der Waals surface area contributed by atoms with E-state index in [0.717, 1.165) is 25.7 Å². The number of carbonyl (C=O) groups excluding carboxylic acids is 1. The van der Waals surface area contributed by atoms with Gasteiger partial charge in [0.05, 0.1) is 0 Å². The lowest BCUT2D eigenvalue weighted by molar-refractivity contribution is -0.150. The van der Waals surface area contributed by atoms with E-state index in [9.17, 15) is 4.79 Å². The molecule has 0 aromatic carbocycles. The van der Waals surface area contributed by atoms with E-state index in [2.05, 4.69) is 32.9 Å². The number of allylic oxidation sites excluding steroid dienone is 2. The Bertz CT molecular complexity index is 402. The molecule has 0 aromatic heterocycles. The third-order valence-electron chi connectivity index (χ3n) is 6.45. The Balaban J connectivity index is 3.61. The van der Waals surface area contributed by atoms with Gasteiger partial charge in [-0.1, -0.05) is 123 Å². The quantitative estimate of drug-likeness (QED) is 0.0785. The Hall–Kier alpha value is -0.790. The van der Waals surface area contributed by atoms with Crippen molar-refractivity contribution in [2.45, 2.75) is 175 Å². The molecule has 0 saturated heterocycles. The van der Waals surface area contributed by atoms with Crippen molar-refractivity contribution in [2.24, 2.45) is 0 Å². The summed E-state index contributed by atoms with van der Waals surface area (Å²) in [6.45, 7) is 6.74. The zero-order valence-electron chi connectivity index (χ0n) is 22.3. The van der Waals surface area contributed by atoms with Crippen molar-refractivity contribution in [2.75, 3.05) is 0 Å². The smallest absolute Gasteiger partial charge is 0.306 e. The number of unbranched alkanes of at least 4 members (excludes halogenated alkanes) is 16. The molecule has 0 aromatic rings. The molecule has 0 heterocycles. The van der Waals surface area contributed by atoms with Crippen LogP contribution in [0.5, 0.6) is 0 Å². The topological polar surface area (TPSA) is 26.3 Å². The molecule has 0 spiro atoms. The molecule has 0 aliphatic heterocycles. The van der Waals surface area contributed by atoms with Crippen LogP contribution in [-0.2, 0) is 9.53 Å². The fraction of sp³-hybridized carbons (Fsp3) is 0.900. The molecule has 0 aliphatic rings. The highest BCUT2D eigenvalue weighted by molar-refractivity contribution is 5.69. The van der Waals surface area contributed by atoms with Crippen LogP contribution in [0.3, 0.4) is 0 Å². The monoisotopic (exact) mass is 450 g/mol. The molecule has 2 nitrogen and oxygen atoms in total. The van der Waals surface area contributed by atoms with Crippen LogP contribution >= 0.6 is 0 Å². The third-order valence-corrected chi connectivity index (χ3v) is 6.45. The molecule has 0 bridgehead atoms. The molecular formula is C30H58O2. The summed E-state index contributed by atoms with van der Waals surface area (Å²) in [5.41, 5.74) is 0. The highest BCUT2D eigenvalue weighted by Crippen LogP contribution is 2.16. The summed E-state index contributed by atoms with van der Waals surface area (Å²) < 4.78 is 5.83. The Morgan fingerprint density at radius 2 is 1.00 bits per heavy atom. The molecule has 32 heavy (non-hydrogen) atoms. The maximum Gasteiger partial charge on any atom is 0.306 e. The normalized spacial score (nSPS) is 12.5. The van der Waals surface area contributed by atoms with Crippen LogP contribution in [0, 0.1) is 0 Å². The minimum absolute atomic E-state index is 0.0392. The van der Waals surface area contributed by atoms with Crippen molar-refractivity contribution in [1.29, 1.82) is 0 Å². The summed E-state index contributed by atoms with van der Waals surface area (Å²) >= 11 is 0. The van der Waals surface area contributed by atoms with Gasteiger partial charge in [-0.2, -0.15) is 0 Å². The fourth-order valence-corrected chi connectivity index (χ4v) is 4.25. The Morgan fingerprint density at radius 3 is 1.56 bits per heavy atom. The first-order valence-electron chi connectivity index (χ1n) is 14.6. The van der Waals surface area contributed by atoms with Crippen LogP contribution in [0.25, 0.3) is 0 Å². The van der Waals surface area contributed by atoms with Gasteiger partial charge in [0.1, 0.15) is 6.10 Å². The summed E-state index contributed by atoms with van der Waals surface area (Å²) in [5.74, 6) is 0.0392. The van der Waals surface area contributed by atoms with Crippen molar-refractivity contribution in [3.8, 4) is 0 Å². The van der Waals surface area contributed by atoms with E-state index in [4.69, 9.17) is 4.74 Å². The molecule has 1 atom stereocenters. The van der Waals surface area contributed by atoms with Crippen LogP contribution in [0.1, 0.15) is 168 Å².